The Morgan fingerprint density at radius 1 is 0.543 bits per heavy atom. The zero-order valence-electron chi connectivity index (χ0n) is 18.1. The van der Waals surface area contributed by atoms with E-state index in [9.17, 15) is 19.8 Å². The Morgan fingerprint density at radius 3 is 0.857 bits per heavy atom. The molecule has 0 aliphatic carbocycles. The van der Waals surface area contributed by atoms with Gasteiger partial charge in [-0.25, -0.2) is 19.9 Å². The maximum absolute atomic E-state index is 10.2. The number of nitrogens with one attached hydrogen (secondary N) is 4. The van der Waals surface area contributed by atoms with Gasteiger partial charge in [-0.3, -0.25) is 0 Å². The zero-order chi connectivity index (χ0) is 23.3. The first-order valence-electron chi connectivity index (χ1n) is 8.85. The molecule has 0 amide bonds. The SMILES string of the molecule is O=C([O-])c1ccc(C(=O)[O-])cc1.[Co+2].[OH3+].[OH3+].c1c[nH]cn1.c1c[nH]cn1.c1c[nH]cn1.c1c[nH]cn1. The molecule has 0 spiro atoms. The number of hydrogen-bond acceptors (Lipinski definition) is 8. The number of aromatic amines is 4. The van der Waals surface area contributed by atoms with Gasteiger partial charge in [0.2, 0.25) is 0 Å². The van der Waals surface area contributed by atoms with E-state index in [1.807, 2.05) is 0 Å². The molecule has 0 bridgehead atoms. The number of carbonyl (C=O) groups is 2. The van der Waals surface area contributed by atoms with Crippen LogP contribution in [-0.2, 0) is 27.7 Å². The first-order valence-corrected chi connectivity index (χ1v) is 8.85. The maximum atomic E-state index is 10.2. The second-order valence-electron chi connectivity index (χ2n) is 5.19. The van der Waals surface area contributed by atoms with Gasteiger partial charge in [-0.1, -0.05) is 24.3 Å². The molecule has 4 aromatic heterocycles. The van der Waals surface area contributed by atoms with Gasteiger partial charge < -0.3 is 50.7 Å². The number of hydrogen-bond donors (Lipinski definition) is 4. The molecule has 4 heterocycles. The smallest absolute Gasteiger partial charge is 0.545 e. The predicted molar refractivity (Wildman–Crippen MR) is 119 cm³/mol. The zero-order valence-corrected chi connectivity index (χ0v) is 19.2. The summed E-state index contributed by atoms with van der Waals surface area (Å²) in [4.78, 5) is 46.1. The first kappa shape index (κ1) is 35.0. The largest absolute Gasteiger partial charge is 2.00 e. The van der Waals surface area contributed by atoms with Gasteiger partial charge in [-0.2, -0.15) is 0 Å². The number of benzene rings is 1. The third-order valence-corrected chi connectivity index (χ3v) is 2.98. The summed E-state index contributed by atoms with van der Waals surface area (Å²) in [6.07, 6.45) is 20.3. The number of imidazole rings is 4. The van der Waals surface area contributed by atoms with Crippen molar-refractivity contribution >= 4 is 11.9 Å². The number of carbonyl (C=O) groups excluding carboxylic acids is 2. The fraction of sp³-hybridized carbons (Fsp3) is 0. The van der Waals surface area contributed by atoms with Crippen LogP contribution in [0.1, 0.15) is 20.7 Å². The molecule has 189 valence electrons. The van der Waals surface area contributed by atoms with Crippen molar-refractivity contribution in [3.8, 4) is 0 Å². The quantitative estimate of drug-likeness (QED) is 0.188. The molecule has 0 atom stereocenters. The number of aromatic carboxylic acids is 2. The Kier molecular flexibility index (Phi) is 24.1. The molecule has 0 aliphatic rings. The predicted octanol–water partition coefficient (Wildman–Crippen LogP) is -1.79. The summed E-state index contributed by atoms with van der Waals surface area (Å²) >= 11 is 0. The fourth-order valence-corrected chi connectivity index (χ4v) is 1.60. The van der Waals surface area contributed by atoms with Crippen molar-refractivity contribution in [3.63, 3.8) is 0 Å². The summed E-state index contributed by atoms with van der Waals surface area (Å²) in [7, 11) is 0. The number of carboxylic acid groups (broad SMARTS) is 2. The molecule has 1 aromatic carbocycles. The standard InChI is InChI=1S/C8H6O4.4C3H4N2.Co.2H2O/c9-7(10)5-1-2-6(4-3-5)8(11)12;4*1-2-5-3-4-1;;;/h1-4H,(H,9,10)(H,11,12);4*1-3H,(H,4,5);;2*1H2/q;;;;;+2;;. The molecular formula is C20H26CoN8O6+2. The molecule has 0 unspecified atom stereocenters. The molecule has 1 radical (unpaired) electrons. The van der Waals surface area contributed by atoms with Crippen molar-refractivity contribution in [1.82, 2.24) is 39.9 Å². The van der Waals surface area contributed by atoms with Gasteiger partial charge in [-0.05, 0) is 11.1 Å². The first-order chi connectivity index (χ1) is 15.6. The molecule has 0 saturated carbocycles. The molecule has 5 aromatic rings. The third-order valence-electron chi connectivity index (χ3n) is 2.98. The van der Waals surface area contributed by atoms with Crippen molar-refractivity contribution in [3.05, 3.63) is 110 Å². The molecule has 5 rings (SSSR count). The summed E-state index contributed by atoms with van der Waals surface area (Å²) in [5, 5.41) is 20.4. The molecule has 15 heteroatoms. The fourth-order valence-electron chi connectivity index (χ4n) is 1.60. The molecule has 0 fully saturated rings. The van der Waals surface area contributed by atoms with Gasteiger partial charge in [0.25, 0.3) is 0 Å². The van der Waals surface area contributed by atoms with E-state index in [0.717, 1.165) is 24.3 Å². The second-order valence-corrected chi connectivity index (χ2v) is 5.19. The van der Waals surface area contributed by atoms with E-state index >= 15 is 0 Å². The minimum absolute atomic E-state index is 0. The van der Waals surface area contributed by atoms with Crippen LogP contribution in [0.25, 0.3) is 0 Å². The van der Waals surface area contributed by atoms with Crippen molar-refractivity contribution < 1.29 is 47.5 Å². The van der Waals surface area contributed by atoms with Crippen LogP contribution < -0.4 is 10.2 Å². The molecular weight excluding hydrogens is 507 g/mol. The number of rotatable bonds is 2. The van der Waals surface area contributed by atoms with E-state index in [2.05, 4.69) is 39.9 Å². The average molecular weight is 533 g/mol. The van der Waals surface area contributed by atoms with Crippen molar-refractivity contribution in [1.29, 1.82) is 0 Å². The summed E-state index contributed by atoms with van der Waals surface area (Å²) in [5.41, 5.74) is -0.111. The van der Waals surface area contributed by atoms with Crippen LogP contribution in [0.15, 0.2) is 99.1 Å². The van der Waals surface area contributed by atoms with Crippen molar-refractivity contribution in [2.45, 2.75) is 0 Å². The summed E-state index contributed by atoms with van der Waals surface area (Å²) in [6.45, 7) is 0. The van der Waals surface area contributed by atoms with E-state index in [1.54, 1.807) is 74.9 Å². The van der Waals surface area contributed by atoms with Gasteiger partial charge in [0.15, 0.2) is 0 Å². The summed E-state index contributed by atoms with van der Waals surface area (Å²) in [5.74, 6) is -2.67. The number of aromatic nitrogens is 8. The van der Waals surface area contributed by atoms with E-state index in [1.165, 1.54) is 0 Å². The Labute approximate surface area is 209 Å². The minimum Gasteiger partial charge on any atom is -0.545 e. The minimum atomic E-state index is -1.33. The molecule has 14 nitrogen and oxygen atoms in total. The van der Waals surface area contributed by atoms with E-state index < -0.39 is 11.9 Å². The summed E-state index contributed by atoms with van der Waals surface area (Å²) in [6, 6.07) is 4.61. The van der Waals surface area contributed by atoms with Crippen molar-refractivity contribution in [2.24, 2.45) is 0 Å². The van der Waals surface area contributed by atoms with E-state index in [4.69, 9.17) is 0 Å². The van der Waals surface area contributed by atoms with E-state index in [-0.39, 0.29) is 38.9 Å². The van der Waals surface area contributed by atoms with Crippen LogP contribution in [0.4, 0.5) is 0 Å². The Balaban J connectivity index is -0.000000380. The molecule has 0 aliphatic heterocycles. The van der Waals surface area contributed by atoms with Gasteiger partial charge >= 0.3 is 16.8 Å². The number of carboxylic acids is 2. The van der Waals surface area contributed by atoms with Crippen molar-refractivity contribution in [2.75, 3.05) is 0 Å². The van der Waals surface area contributed by atoms with E-state index in [0.29, 0.717) is 0 Å². The van der Waals surface area contributed by atoms with Crippen LogP contribution in [-0.4, -0.2) is 51.8 Å². The van der Waals surface area contributed by atoms with Crippen LogP contribution in [0.5, 0.6) is 0 Å². The normalized spacial score (nSPS) is 7.77. The van der Waals surface area contributed by atoms with Gasteiger partial charge in [0.05, 0.1) is 37.2 Å². The number of nitrogens with zero attached hydrogens (tertiary/aromatic N) is 4. The Hall–Kier alpha value is -4.57. The second kappa shape index (κ2) is 24.1. The third kappa shape index (κ3) is 19.8. The van der Waals surface area contributed by atoms with Gasteiger partial charge in [0, 0.05) is 49.6 Å². The van der Waals surface area contributed by atoms with Gasteiger partial charge in [0.1, 0.15) is 0 Å². The monoisotopic (exact) mass is 533 g/mol. The van der Waals surface area contributed by atoms with Gasteiger partial charge in [-0.15, -0.1) is 0 Å². The van der Waals surface area contributed by atoms with Crippen LogP contribution in [0, 0.1) is 0 Å². The van der Waals surface area contributed by atoms with Crippen LogP contribution in [0.3, 0.4) is 0 Å². The Morgan fingerprint density at radius 2 is 0.771 bits per heavy atom. The number of H-pyrrole nitrogens is 4. The molecule has 35 heavy (non-hydrogen) atoms. The van der Waals surface area contributed by atoms with Crippen LogP contribution in [0.2, 0.25) is 0 Å². The maximum Gasteiger partial charge on any atom is 2.00 e. The Bertz CT molecular complexity index is 820. The summed E-state index contributed by atoms with van der Waals surface area (Å²) < 4.78 is 0. The van der Waals surface area contributed by atoms with Crippen LogP contribution >= 0.6 is 0 Å². The topological polar surface area (TPSA) is 261 Å². The average Bonchev–Trinajstić information content (AvgIpc) is 3.67. The molecule has 0 saturated heterocycles. The molecule has 10 N–H and O–H groups in total.